The minimum Gasteiger partial charge on any atom is -0.495 e. The average Bonchev–Trinajstić information content (AvgIpc) is 3.80. The maximum Gasteiger partial charge on any atom is 0.314 e. The molecular weight excluding hydrogens is 827 g/mol. The van der Waals surface area contributed by atoms with Crippen molar-refractivity contribution in [2.45, 2.75) is 90.6 Å². The highest BCUT2D eigenvalue weighted by molar-refractivity contribution is 9.10. The monoisotopic (exact) mass is 881 g/mol. The highest BCUT2D eigenvalue weighted by Crippen LogP contribution is 2.35. The number of ether oxygens (including phenoxy) is 3. The lowest BCUT2D eigenvalue weighted by Gasteiger charge is -2.38. The summed E-state index contributed by atoms with van der Waals surface area (Å²) in [4.78, 5) is 40.9. The summed E-state index contributed by atoms with van der Waals surface area (Å²) in [6.07, 6.45) is 11.5. The van der Waals surface area contributed by atoms with Crippen LogP contribution < -0.4 is 21.5 Å². The van der Waals surface area contributed by atoms with Crippen LogP contribution in [-0.2, 0) is 32.5 Å². The van der Waals surface area contributed by atoms with Gasteiger partial charge in [-0.3, -0.25) is 14.6 Å². The molecule has 2 amide bonds. The van der Waals surface area contributed by atoms with Gasteiger partial charge in [0.15, 0.2) is 0 Å². The number of carbonyl (C=O) groups excluding carboxylic acids is 2. The molecule has 19 heteroatoms. The third-order valence-corrected chi connectivity index (χ3v) is 13.6. The predicted octanol–water partition coefficient (Wildman–Crippen LogP) is 6.76. The van der Waals surface area contributed by atoms with Crippen LogP contribution in [0.2, 0.25) is 51.4 Å². The third kappa shape index (κ3) is 11.6. The SMILES string of the molecule is COc1cncc(C2CCC(C)CN2C(=O)C(=O)Nc2cnc(N)c3cnn(COCC[Si](C)(C)C)c23)c1.C[Si](C)(C)CCOCn1ncc2c(N)ncc(Br)c21. The molecule has 1 fully saturated rings. The molecule has 16 nitrogen and oxygen atoms in total. The van der Waals surface area contributed by atoms with E-state index in [0.717, 1.165) is 52.5 Å². The minimum atomic E-state index is -1.24. The Kier molecular flexibility index (Phi) is 14.5. The molecule has 6 rings (SSSR count). The van der Waals surface area contributed by atoms with E-state index in [2.05, 4.69) is 92.6 Å². The Bertz CT molecular complexity index is 2170. The number of aromatic nitrogens is 7. The number of methoxy groups -OCH3 is 1. The lowest BCUT2D eigenvalue weighted by atomic mass is 9.90. The van der Waals surface area contributed by atoms with Crippen LogP contribution in [0.3, 0.4) is 0 Å². The molecule has 5 aromatic rings. The Morgan fingerprint density at radius 3 is 2.02 bits per heavy atom. The molecule has 5 N–H and O–H groups in total. The molecule has 2 unspecified atom stereocenters. The van der Waals surface area contributed by atoms with Crippen LogP contribution in [0, 0.1) is 5.92 Å². The molecular formula is C38H56BrN11O5Si2. The average molecular weight is 883 g/mol. The molecule has 57 heavy (non-hydrogen) atoms. The van der Waals surface area contributed by atoms with Gasteiger partial charge in [-0.25, -0.2) is 19.3 Å². The number of piperidine rings is 1. The molecule has 0 aliphatic carbocycles. The van der Waals surface area contributed by atoms with Crippen molar-refractivity contribution in [3.63, 3.8) is 0 Å². The van der Waals surface area contributed by atoms with Gasteiger partial charge in [-0.2, -0.15) is 10.2 Å². The number of hydrogen-bond donors (Lipinski definition) is 3. The van der Waals surface area contributed by atoms with Crippen molar-refractivity contribution < 1.29 is 23.8 Å². The number of nitrogens with one attached hydrogen (secondary N) is 1. The van der Waals surface area contributed by atoms with E-state index in [-0.39, 0.29) is 24.5 Å². The zero-order chi connectivity index (χ0) is 41.5. The number of fused-ring (bicyclic) bond motifs is 2. The van der Waals surface area contributed by atoms with Crippen LogP contribution in [-0.4, -0.2) is 94.2 Å². The standard InChI is InChI=1S/C26H37N7O4Si.C12H19BrN4OSi/c1-17-6-7-22(18-10-19(36-2)12-28-11-18)32(15-17)26(35)25(34)31-21-14-29-24(27)20-13-30-33(23(20)21)16-37-8-9-38(3,4)5;1-19(2,3)5-4-18-8-17-11-9(6-16-17)12(14)15-7-10(11)13/h10-14,17,22H,6-9,15-16H2,1-5H3,(H2,27,29)(H,31,34);6-7H,4-5,8H2,1-3H3,(H2,14,15). The number of pyridine rings is 3. The number of hydrogen-bond acceptors (Lipinski definition) is 12. The van der Waals surface area contributed by atoms with Crippen molar-refractivity contribution in [1.82, 2.24) is 39.4 Å². The molecule has 5 aromatic heterocycles. The van der Waals surface area contributed by atoms with E-state index in [1.165, 1.54) is 6.20 Å². The lowest BCUT2D eigenvalue weighted by Crippen LogP contribution is -2.46. The normalized spacial score (nSPS) is 16.1. The zero-order valence-corrected chi connectivity index (χ0v) is 37.8. The number of halogens is 1. The van der Waals surface area contributed by atoms with Gasteiger partial charge in [0.2, 0.25) is 0 Å². The van der Waals surface area contributed by atoms with Crippen molar-refractivity contribution in [3.05, 3.63) is 53.3 Å². The summed E-state index contributed by atoms with van der Waals surface area (Å²) in [7, 11) is -0.713. The fourth-order valence-corrected chi connectivity index (χ4v) is 8.34. The van der Waals surface area contributed by atoms with Crippen molar-refractivity contribution in [2.24, 2.45) is 5.92 Å². The molecule has 1 aliphatic heterocycles. The van der Waals surface area contributed by atoms with Crippen LogP contribution in [0.4, 0.5) is 17.3 Å². The number of nitrogens with zero attached hydrogens (tertiary/aromatic N) is 8. The van der Waals surface area contributed by atoms with Crippen molar-refractivity contribution in [1.29, 1.82) is 0 Å². The largest absolute Gasteiger partial charge is 0.495 e. The second-order valence-corrected chi connectivity index (χ2v) is 28.9. The summed E-state index contributed by atoms with van der Waals surface area (Å²) in [5.41, 5.74) is 14.6. The molecule has 0 saturated carbocycles. The van der Waals surface area contributed by atoms with Crippen LogP contribution in [0.5, 0.6) is 5.75 Å². The number of nitrogens with two attached hydrogens (primary N) is 2. The lowest BCUT2D eigenvalue weighted by molar-refractivity contribution is -0.146. The van der Waals surface area contributed by atoms with Gasteiger partial charge >= 0.3 is 11.8 Å². The summed E-state index contributed by atoms with van der Waals surface area (Å²) in [5.74, 6) is 0.279. The van der Waals surface area contributed by atoms with Crippen LogP contribution in [0.25, 0.3) is 21.8 Å². The molecule has 0 aromatic carbocycles. The summed E-state index contributed by atoms with van der Waals surface area (Å²) in [6, 6.07) is 3.76. The first-order valence-corrected chi connectivity index (χ1v) is 27.3. The molecule has 0 spiro atoms. The van der Waals surface area contributed by atoms with Crippen molar-refractivity contribution in [3.8, 4) is 5.75 Å². The van der Waals surface area contributed by atoms with E-state index >= 15 is 0 Å². The summed E-state index contributed by atoms with van der Waals surface area (Å²) < 4.78 is 21.2. The van der Waals surface area contributed by atoms with Gasteiger partial charge in [-0.1, -0.05) is 46.2 Å². The summed E-state index contributed by atoms with van der Waals surface area (Å²) in [5, 5.41) is 12.9. The molecule has 0 bridgehead atoms. The Morgan fingerprint density at radius 1 is 0.842 bits per heavy atom. The van der Waals surface area contributed by atoms with E-state index in [1.54, 1.807) is 47.7 Å². The van der Waals surface area contributed by atoms with Gasteiger partial charge < -0.3 is 35.9 Å². The number of rotatable bonds is 13. The molecule has 1 saturated heterocycles. The van der Waals surface area contributed by atoms with Gasteiger partial charge in [0, 0.05) is 48.3 Å². The first-order chi connectivity index (χ1) is 27.0. The zero-order valence-electron chi connectivity index (χ0n) is 34.2. The highest BCUT2D eigenvalue weighted by Gasteiger charge is 2.35. The van der Waals surface area contributed by atoms with Gasteiger partial charge in [-0.15, -0.1) is 0 Å². The summed E-state index contributed by atoms with van der Waals surface area (Å²) >= 11 is 3.47. The van der Waals surface area contributed by atoms with E-state index in [9.17, 15) is 9.59 Å². The van der Waals surface area contributed by atoms with Gasteiger partial charge in [0.1, 0.15) is 30.8 Å². The van der Waals surface area contributed by atoms with Crippen molar-refractivity contribution in [2.75, 3.05) is 43.7 Å². The van der Waals surface area contributed by atoms with Crippen LogP contribution >= 0.6 is 15.9 Å². The fraction of sp³-hybridized carbons (Fsp3) is 0.500. The molecule has 1 aliphatic rings. The third-order valence-electron chi connectivity index (χ3n) is 9.66. The van der Waals surface area contributed by atoms with Crippen LogP contribution in [0.1, 0.15) is 31.4 Å². The molecule has 0 radical (unpaired) electrons. The van der Waals surface area contributed by atoms with Crippen molar-refractivity contribution >= 4 is 83.0 Å². The van der Waals surface area contributed by atoms with E-state index in [1.807, 2.05) is 10.7 Å². The second kappa shape index (κ2) is 18.9. The second-order valence-electron chi connectivity index (χ2n) is 16.8. The summed E-state index contributed by atoms with van der Waals surface area (Å²) in [6.45, 7) is 18.4. The number of anilines is 3. The maximum absolute atomic E-state index is 13.5. The van der Waals surface area contributed by atoms with Gasteiger partial charge in [0.05, 0.1) is 69.9 Å². The van der Waals surface area contributed by atoms with Gasteiger partial charge in [-0.05, 0) is 58.4 Å². The van der Waals surface area contributed by atoms with E-state index in [0.29, 0.717) is 48.0 Å². The van der Waals surface area contributed by atoms with E-state index in [4.69, 9.17) is 25.7 Å². The first kappa shape index (κ1) is 43.7. The minimum absolute atomic E-state index is 0.197. The predicted molar refractivity (Wildman–Crippen MR) is 232 cm³/mol. The van der Waals surface area contributed by atoms with E-state index < -0.39 is 28.0 Å². The topological polar surface area (TPSA) is 203 Å². The molecule has 6 heterocycles. The maximum atomic E-state index is 13.5. The Labute approximate surface area is 344 Å². The molecule has 2 atom stereocenters. The Morgan fingerprint density at radius 2 is 1.42 bits per heavy atom. The quantitative estimate of drug-likeness (QED) is 0.0638. The Hall–Kier alpha value is -4.44. The number of carbonyl (C=O) groups is 2. The number of likely N-dealkylation sites (tertiary alicyclic amines) is 1. The Balaban J connectivity index is 0.000000273. The first-order valence-electron chi connectivity index (χ1n) is 19.1. The smallest absolute Gasteiger partial charge is 0.314 e. The number of nitrogen functional groups attached to an aromatic ring is 2. The molecule has 308 valence electrons. The highest BCUT2D eigenvalue weighted by atomic mass is 79.9. The van der Waals surface area contributed by atoms with Gasteiger partial charge in [0.25, 0.3) is 0 Å². The number of amides is 2. The fourth-order valence-electron chi connectivity index (χ4n) is 6.31. The van der Waals surface area contributed by atoms with Crippen LogP contribution in [0.15, 0.2) is 47.7 Å².